The standard InChI is InChI=1S/C30H35BrClN3O4S/c1-20(2)17-33-30(37)23(5)34(18-24-7-9-25(31)10-8-24)29(36)19-35(27-13-6-21(3)22(4)16-27)40(38,39)28-14-11-26(32)12-15-28/h6-16,20,23H,17-19H2,1-5H3,(H,33,37)/t23-/m1/s1. The minimum atomic E-state index is -4.15. The van der Waals surface area contributed by atoms with Gasteiger partial charge in [-0.05, 0) is 91.9 Å². The van der Waals surface area contributed by atoms with Crippen LogP contribution in [0.1, 0.15) is 37.5 Å². The molecular formula is C30H35BrClN3O4S. The van der Waals surface area contributed by atoms with Crippen LogP contribution >= 0.6 is 27.5 Å². The van der Waals surface area contributed by atoms with Crippen molar-refractivity contribution in [2.24, 2.45) is 5.92 Å². The second-order valence-corrected chi connectivity index (χ2v) is 13.4. The van der Waals surface area contributed by atoms with E-state index in [-0.39, 0.29) is 23.3 Å². The molecule has 0 saturated carbocycles. The summed E-state index contributed by atoms with van der Waals surface area (Å²) < 4.78 is 29.8. The first kappa shape index (κ1) is 31.6. The molecule has 3 aromatic carbocycles. The number of benzene rings is 3. The number of carbonyl (C=O) groups is 2. The number of sulfonamides is 1. The summed E-state index contributed by atoms with van der Waals surface area (Å²) in [6.07, 6.45) is 0. The van der Waals surface area contributed by atoms with Crippen molar-refractivity contribution in [2.75, 3.05) is 17.4 Å². The molecule has 0 aromatic heterocycles. The van der Waals surface area contributed by atoms with Crippen LogP contribution in [0.3, 0.4) is 0 Å². The molecule has 0 aliphatic heterocycles. The highest BCUT2D eigenvalue weighted by atomic mass is 79.9. The Labute approximate surface area is 250 Å². The van der Waals surface area contributed by atoms with E-state index in [4.69, 9.17) is 11.6 Å². The Hall–Kier alpha value is -2.88. The van der Waals surface area contributed by atoms with Crippen molar-refractivity contribution >= 4 is 55.1 Å². The predicted molar refractivity (Wildman–Crippen MR) is 164 cm³/mol. The van der Waals surface area contributed by atoms with Crippen LogP contribution in [-0.2, 0) is 26.2 Å². The Kier molecular flexibility index (Phi) is 10.8. The number of aryl methyl sites for hydroxylation is 2. The number of hydrogen-bond acceptors (Lipinski definition) is 4. The van der Waals surface area contributed by atoms with Crippen LogP contribution in [0.2, 0.25) is 5.02 Å². The molecule has 40 heavy (non-hydrogen) atoms. The highest BCUT2D eigenvalue weighted by Crippen LogP contribution is 2.27. The fourth-order valence-electron chi connectivity index (χ4n) is 3.96. The zero-order chi connectivity index (χ0) is 29.6. The van der Waals surface area contributed by atoms with Gasteiger partial charge < -0.3 is 10.2 Å². The number of hydrogen-bond donors (Lipinski definition) is 1. The number of nitrogens with one attached hydrogen (secondary N) is 1. The zero-order valence-corrected chi connectivity index (χ0v) is 26.5. The van der Waals surface area contributed by atoms with Gasteiger partial charge in [-0.1, -0.05) is 59.6 Å². The van der Waals surface area contributed by atoms with Gasteiger partial charge in [0.1, 0.15) is 12.6 Å². The Balaban J connectivity index is 2.03. The normalized spacial score (nSPS) is 12.2. The lowest BCUT2D eigenvalue weighted by molar-refractivity contribution is -0.139. The largest absolute Gasteiger partial charge is 0.354 e. The molecular weight excluding hydrogens is 614 g/mol. The maximum atomic E-state index is 14.0. The number of nitrogens with zero attached hydrogens (tertiary/aromatic N) is 2. The van der Waals surface area contributed by atoms with Crippen LogP contribution < -0.4 is 9.62 Å². The molecule has 3 aromatic rings. The second kappa shape index (κ2) is 13.7. The molecule has 0 saturated heterocycles. The maximum absolute atomic E-state index is 14.0. The summed E-state index contributed by atoms with van der Waals surface area (Å²) >= 11 is 9.43. The molecule has 0 spiro atoms. The summed E-state index contributed by atoms with van der Waals surface area (Å²) in [4.78, 5) is 28.5. The van der Waals surface area contributed by atoms with Gasteiger partial charge in [0.2, 0.25) is 11.8 Å². The summed E-state index contributed by atoms with van der Waals surface area (Å²) in [6, 6.07) is 17.7. The molecule has 0 fully saturated rings. The molecule has 1 N–H and O–H groups in total. The van der Waals surface area contributed by atoms with E-state index in [1.54, 1.807) is 19.1 Å². The van der Waals surface area contributed by atoms with E-state index < -0.39 is 28.5 Å². The number of rotatable bonds is 11. The molecule has 10 heteroatoms. The topological polar surface area (TPSA) is 86.8 Å². The maximum Gasteiger partial charge on any atom is 0.264 e. The molecule has 0 bridgehead atoms. The van der Waals surface area contributed by atoms with Crippen molar-refractivity contribution in [1.82, 2.24) is 10.2 Å². The molecule has 0 aliphatic rings. The number of amides is 2. The molecule has 7 nitrogen and oxygen atoms in total. The third-order valence-electron chi connectivity index (χ3n) is 6.58. The Morgan fingerprint density at radius 1 is 0.925 bits per heavy atom. The van der Waals surface area contributed by atoms with Crippen molar-refractivity contribution < 1.29 is 18.0 Å². The van der Waals surface area contributed by atoms with Gasteiger partial charge >= 0.3 is 0 Å². The monoisotopic (exact) mass is 647 g/mol. The molecule has 0 heterocycles. The average Bonchev–Trinajstić information content (AvgIpc) is 2.91. The fourth-order valence-corrected chi connectivity index (χ4v) is 5.76. The van der Waals surface area contributed by atoms with Crippen LogP contribution in [0, 0.1) is 19.8 Å². The quantitative estimate of drug-likeness (QED) is 0.272. The molecule has 2 amide bonds. The van der Waals surface area contributed by atoms with Crippen LogP contribution in [0.15, 0.2) is 76.1 Å². The van der Waals surface area contributed by atoms with Gasteiger partial charge in [-0.3, -0.25) is 13.9 Å². The highest BCUT2D eigenvalue weighted by Gasteiger charge is 2.32. The third kappa shape index (κ3) is 8.08. The van der Waals surface area contributed by atoms with E-state index in [2.05, 4.69) is 21.2 Å². The smallest absolute Gasteiger partial charge is 0.264 e. The molecule has 214 valence electrons. The molecule has 0 radical (unpaired) electrons. The Bertz CT molecular complexity index is 1440. The summed E-state index contributed by atoms with van der Waals surface area (Å²) in [7, 11) is -4.15. The van der Waals surface area contributed by atoms with Crippen molar-refractivity contribution in [3.63, 3.8) is 0 Å². The van der Waals surface area contributed by atoms with Gasteiger partial charge in [0, 0.05) is 22.6 Å². The van der Waals surface area contributed by atoms with Gasteiger partial charge in [-0.15, -0.1) is 0 Å². The van der Waals surface area contributed by atoms with Crippen molar-refractivity contribution in [3.8, 4) is 0 Å². The fraction of sp³-hybridized carbons (Fsp3) is 0.333. The second-order valence-electron chi connectivity index (χ2n) is 10.2. The average molecular weight is 649 g/mol. The zero-order valence-electron chi connectivity index (χ0n) is 23.3. The lowest BCUT2D eigenvalue weighted by Gasteiger charge is -2.32. The van der Waals surface area contributed by atoms with Gasteiger partial charge in [0.25, 0.3) is 10.0 Å². The van der Waals surface area contributed by atoms with E-state index in [1.165, 1.54) is 29.2 Å². The van der Waals surface area contributed by atoms with E-state index >= 15 is 0 Å². The van der Waals surface area contributed by atoms with Crippen LogP contribution in [0.5, 0.6) is 0 Å². The lowest BCUT2D eigenvalue weighted by atomic mass is 10.1. The number of carbonyl (C=O) groups excluding carboxylic acids is 2. The lowest BCUT2D eigenvalue weighted by Crippen LogP contribution is -2.51. The van der Waals surface area contributed by atoms with Gasteiger partial charge in [-0.2, -0.15) is 0 Å². The number of halogens is 2. The minimum Gasteiger partial charge on any atom is -0.354 e. The van der Waals surface area contributed by atoms with E-state index in [0.29, 0.717) is 17.3 Å². The number of anilines is 1. The third-order valence-corrected chi connectivity index (χ3v) is 9.15. The van der Waals surface area contributed by atoms with Crippen molar-refractivity contribution in [2.45, 2.75) is 52.1 Å². The molecule has 3 rings (SSSR count). The summed E-state index contributed by atoms with van der Waals surface area (Å²) in [5.41, 5.74) is 3.03. The van der Waals surface area contributed by atoms with E-state index in [9.17, 15) is 18.0 Å². The highest BCUT2D eigenvalue weighted by molar-refractivity contribution is 9.10. The van der Waals surface area contributed by atoms with Crippen molar-refractivity contribution in [1.29, 1.82) is 0 Å². The van der Waals surface area contributed by atoms with Gasteiger partial charge in [0.15, 0.2) is 0 Å². The summed E-state index contributed by atoms with van der Waals surface area (Å²) in [5.74, 6) is -0.583. The first-order valence-electron chi connectivity index (χ1n) is 13.0. The molecule has 0 aliphatic carbocycles. The van der Waals surface area contributed by atoms with Gasteiger partial charge in [-0.25, -0.2) is 8.42 Å². The molecule has 0 unspecified atom stereocenters. The summed E-state index contributed by atoms with van der Waals surface area (Å²) in [6.45, 7) is 9.53. The van der Waals surface area contributed by atoms with Crippen LogP contribution in [0.25, 0.3) is 0 Å². The predicted octanol–water partition coefficient (Wildman–Crippen LogP) is 6.10. The first-order chi connectivity index (χ1) is 18.8. The van der Waals surface area contributed by atoms with Crippen LogP contribution in [0.4, 0.5) is 5.69 Å². The minimum absolute atomic E-state index is 0.00473. The van der Waals surface area contributed by atoms with E-state index in [1.807, 2.05) is 58.0 Å². The SMILES string of the molecule is Cc1ccc(N(CC(=O)N(Cc2ccc(Br)cc2)[C@H](C)C(=O)NCC(C)C)S(=O)(=O)c2ccc(Cl)cc2)cc1C. The Morgan fingerprint density at radius 2 is 1.55 bits per heavy atom. The van der Waals surface area contributed by atoms with Crippen LogP contribution in [-0.4, -0.2) is 44.3 Å². The summed E-state index contributed by atoms with van der Waals surface area (Å²) in [5, 5.41) is 3.29. The van der Waals surface area contributed by atoms with Crippen molar-refractivity contribution in [3.05, 3.63) is 92.9 Å². The van der Waals surface area contributed by atoms with Gasteiger partial charge in [0.05, 0.1) is 10.6 Å². The molecule has 1 atom stereocenters. The van der Waals surface area contributed by atoms with E-state index in [0.717, 1.165) is 25.5 Å². The first-order valence-corrected chi connectivity index (χ1v) is 15.6. The Morgan fingerprint density at radius 3 is 2.12 bits per heavy atom.